The first-order chi connectivity index (χ1) is 11.1. The number of alkyl halides is 3. The lowest BCUT2D eigenvalue weighted by Crippen LogP contribution is -2.41. The number of β-amino-alcohol motifs (C(OH)–C–C–N with tert-alkyl or cyclic N) is 1. The Bertz CT molecular complexity index is 572. The summed E-state index contributed by atoms with van der Waals surface area (Å²) < 4.78 is 38.0. The highest BCUT2D eigenvalue weighted by Crippen LogP contribution is 2.35. The van der Waals surface area contributed by atoms with Crippen LogP contribution in [0.3, 0.4) is 0 Å². The fraction of sp³-hybridized carbons (Fsp3) is 0.588. The van der Waals surface area contributed by atoms with E-state index in [4.69, 9.17) is 0 Å². The Kier molecular flexibility index (Phi) is 5.55. The van der Waals surface area contributed by atoms with Gasteiger partial charge in [0.2, 0.25) is 5.91 Å². The molecule has 2 rings (SSSR count). The molecule has 1 aromatic rings. The van der Waals surface area contributed by atoms with E-state index in [1.54, 1.807) is 4.90 Å². The number of carbonyl (C=O) groups excluding carboxylic acids is 1. The van der Waals surface area contributed by atoms with Crippen LogP contribution in [-0.2, 0) is 11.0 Å². The van der Waals surface area contributed by atoms with Crippen molar-refractivity contribution in [2.24, 2.45) is 0 Å². The van der Waals surface area contributed by atoms with Gasteiger partial charge in [-0.25, -0.2) is 0 Å². The third-order valence-electron chi connectivity index (χ3n) is 4.49. The second-order valence-corrected chi connectivity index (χ2v) is 6.58. The first-order valence-electron chi connectivity index (χ1n) is 7.94. The molecule has 1 heterocycles. The molecule has 1 aliphatic rings. The second-order valence-electron chi connectivity index (χ2n) is 6.58. The van der Waals surface area contributed by atoms with Gasteiger partial charge >= 0.3 is 6.18 Å². The highest BCUT2D eigenvalue weighted by Gasteiger charge is 2.36. The number of hydrogen-bond acceptors (Lipinski definition) is 3. The molecule has 0 saturated carbocycles. The minimum absolute atomic E-state index is 0.132. The van der Waals surface area contributed by atoms with E-state index in [-0.39, 0.29) is 25.0 Å². The lowest BCUT2D eigenvalue weighted by molar-refractivity contribution is -0.137. The zero-order valence-corrected chi connectivity index (χ0v) is 14.0. The van der Waals surface area contributed by atoms with Crippen LogP contribution < -0.4 is 0 Å². The van der Waals surface area contributed by atoms with Crippen LogP contribution in [0.4, 0.5) is 13.2 Å². The lowest BCUT2D eigenvalue weighted by Gasteiger charge is -2.28. The van der Waals surface area contributed by atoms with E-state index in [0.29, 0.717) is 12.0 Å². The zero-order valence-electron chi connectivity index (χ0n) is 14.0. The number of amides is 1. The molecule has 2 atom stereocenters. The molecule has 1 aromatic carbocycles. The van der Waals surface area contributed by atoms with Gasteiger partial charge in [0, 0.05) is 12.6 Å². The van der Waals surface area contributed by atoms with Crippen molar-refractivity contribution in [1.82, 2.24) is 9.80 Å². The van der Waals surface area contributed by atoms with E-state index in [0.717, 1.165) is 12.1 Å². The Morgan fingerprint density at radius 1 is 1.33 bits per heavy atom. The average Bonchev–Trinajstić information content (AvgIpc) is 2.88. The van der Waals surface area contributed by atoms with E-state index >= 15 is 0 Å². The third kappa shape index (κ3) is 4.27. The van der Waals surface area contributed by atoms with Gasteiger partial charge in [0.1, 0.15) is 0 Å². The number of aliphatic hydroxyl groups excluding tert-OH is 1. The molecule has 1 N–H and O–H groups in total. The maximum absolute atomic E-state index is 12.7. The largest absolute Gasteiger partial charge is 0.416 e. The van der Waals surface area contributed by atoms with Crippen LogP contribution in [-0.4, -0.2) is 53.1 Å². The molecule has 0 bridgehead atoms. The Morgan fingerprint density at radius 3 is 2.42 bits per heavy atom. The number of aliphatic hydroxyl groups is 1. The average molecular weight is 344 g/mol. The highest BCUT2D eigenvalue weighted by atomic mass is 19.4. The molecule has 1 amide bonds. The summed E-state index contributed by atoms with van der Waals surface area (Å²) in [7, 11) is 1.84. The first kappa shape index (κ1) is 18.7. The standard InChI is InChI=1S/C17H23F3N2O2/c1-11(2)21(3)10-16(24)22-9-14(23)8-15(22)12-4-6-13(7-5-12)17(18,19)20/h4-7,11,14-15,23H,8-10H2,1-3H3. The molecule has 2 unspecified atom stereocenters. The van der Waals surface area contributed by atoms with Gasteiger partial charge in [-0.15, -0.1) is 0 Å². The summed E-state index contributed by atoms with van der Waals surface area (Å²) in [4.78, 5) is 16.0. The molecular weight excluding hydrogens is 321 g/mol. The monoisotopic (exact) mass is 344 g/mol. The number of benzene rings is 1. The van der Waals surface area contributed by atoms with Gasteiger partial charge in [-0.3, -0.25) is 9.69 Å². The number of likely N-dealkylation sites (N-methyl/N-ethyl adjacent to an activating group) is 1. The van der Waals surface area contributed by atoms with E-state index in [2.05, 4.69) is 0 Å². The van der Waals surface area contributed by atoms with E-state index in [1.807, 2.05) is 25.8 Å². The summed E-state index contributed by atoms with van der Waals surface area (Å²) in [6.07, 6.45) is -4.71. The summed E-state index contributed by atoms with van der Waals surface area (Å²) in [5.41, 5.74) is -0.109. The molecule has 1 fully saturated rings. The van der Waals surface area contributed by atoms with Crippen LogP contribution >= 0.6 is 0 Å². The van der Waals surface area contributed by atoms with Crippen molar-refractivity contribution in [1.29, 1.82) is 0 Å². The Morgan fingerprint density at radius 2 is 1.92 bits per heavy atom. The summed E-state index contributed by atoms with van der Waals surface area (Å²) in [6, 6.07) is 4.61. The summed E-state index contributed by atoms with van der Waals surface area (Å²) in [5.74, 6) is -0.132. The predicted molar refractivity (Wildman–Crippen MR) is 84.3 cm³/mol. The number of hydrogen-bond donors (Lipinski definition) is 1. The predicted octanol–water partition coefficient (Wildman–Crippen LogP) is 2.68. The van der Waals surface area contributed by atoms with Crippen LogP contribution in [0.5, 0.6) is 0 Å². The normalized spacial score (nSPS) is 21.8. The molecule has 0 aromatic heterocycles. The lowest BCUT2D eigenvalue weighted by atomic mass is 10.0. The maximum Gasteiger partial charge on any atom is 0.416 e. The number of carbonyl (C=O) groups is 1. The molecular formula is C17H23F3N2O2. The van der Waals surface area contributed by atoms with Crippen LogP contribution in [0.1, 0.15) is 37.4 Å². The van der Waals surface area contributed by atoms with Gasteiger partial charge in [-0.2, -0.15) is 13.2 Å². The molecule has 24 heavy (non-hydrogen) atoms. The molecule has 7 heteroatoms. The fourth-order valence-electron chi connectivity index (χ4n) is 2.79. The van der Waals surface area contributed by atoms with Gasteiger partial charge in [-0.1, -0.05) is 12.1 Å². The van der Waals surface area contributed by atoms with Crippen molar-refractivity contribution in [3.8, 4) is 0 Å². The van der Waals surface area contributed by atoms with Crippen molar-refractivity contribution in [3.05, 3.63) is 35.4 Å². The van der Waals surface area contributed by atoms with Gasteiger partial charge in [-0.05, 0) is 45.0 Å². The highest BCUT2D eigenvalue weighted by molar-refractivity contribution is 5.79. The smallest absolute Gasteiger partial charge is 0.391 e. The Hall–Kier alpha value is -1.60. The van der Waals surface area contributed by atoms with Crippen LogP contribution in [0.2, 0.25) is 0 Å². The number of rotatable bonds is 4. The molecule has 134 valence electrons. The minimum Gasteiger partial charge on any atom is -0.391 e. The maximum atomic E-state index is 12.7. The molecule has 4 nitrogen and oxygen atoms in total. The van der Waals surface area contributed by atoms with Crippen LogP contribution in [0, 0.1) is 0 Å². The van der Waals surface area contributed by atoms with E-state index in [1.165, 1.54) is 12.1 Å². The van der Waals surface area contributed by atoms with Gasteiger partial charge in [0.05, 0.1) is 24.3 Å². The molecule has 0 radical (unpaired) electrons. The van der Waals surface area contributed by atoms with Crippen molar-refractivity contribution in [2.75, 3.05) is 20.1 Å². The Balaban J connectivity index is 2.16. The summed E-state index contributed by atoms with van der Waals surface area (Å²) in [6.45, 7) is 4.36. The van der Waals surface area contributed by atoms with E-state index in [9.17, 15) is 23.1 Å². The van der Waals surface area contributed by atoms with Crippen LogP contribution in [0.15, 0.2) is 24.3 Å². The zero-order chi connectivity index (χ0) is 18.1. The topological polar surface area (TPSA) is 43.8 Å². The van der Waals surface area contributed by atoms with E-state index < -0.39 is 23.9 Å². The number of likely N-dealkylation sites (tertiary alicyclic amines) is 1. The van der Waals surface area contributed by atoms with Gasteiger partial charge in [0.25, 0.3) is 0 Å². The summed E-state index contributed by atoms with van der Waals surface area (Å²) in [5, 5.41) is 9.92. The molecule has 1 saturated heterocycles. The fourth-order valence-corrected chi connectivity index (χ4v) is 2.79. The summed E-state index contributed by atoms with van der Waals surface area (Å²) >= 11 is 0. The first-order valence-corrected chi connectivity index (χ1v) is 7.94. The molecule has 1 aliphatic heterocycles. The minimum atomic E-state index is -4.39. The van der Waals surface area contributed by atoms with Crippen molar-refractivity contribution in [3.63, 3.8) is 0 Å². The van der Waals surface area contributed by atoms with Crippen LogP contribution in [0.25, 0.3) is 0 Å². The molecule has 0 spiro atoms. The quantitative estimate of drug-likeness (QED) is 0.913. The Labute approximate surface area is 139 Å². The van der Waals surface area contributed by atoms with Gasteiger partial charge in [0.15, 0.2) is 0 Å². The number of nitrogens with zero attached hydrogens (tertiary/aromatic N) is 2. The second kappa shape index (κ2) is 7.11. The SMILES string of the molecule is CC(C)N(C)CC(=O)N1CC(O)CC1c1ccc(C(F)(F)F)cc1. The van der Waals surface area contributed by atoms with Crippen molar-refractivity contribution >= 4 is 5.91 Å². The van der Waals surface area contributed by atoms with Gasteiger partial charge < -0.3 is 10.0 Å². The third-order valence-corrected chi connectivity index (χ3v) is 4.49. The molecule has 0 aliphatic carbocycles. The van der Waals surface area contributed by atoms with Crippen molar-refractivity contribution in [2.45, 2.75) is 44.6 Å². The van der Waals surface area contributed by atoms with Crippen molar-refractivity contribution < 1.29 is 23.1 Å². The number of halogens is 3.